The van der Waals surface area contributed by atoms with E-state index >= 15 is 0 Å². The lowest BCUT2D eigenvalue weighted by Crippen LogP contribution is -2.36. The highest BCUT2D eigenvalue weighted by atomic mass is 16.7. The van der Waals surface area contributed by atoms with Gasteiger partial charge in [-0.3, -0.25) is 10.1 Å². The van der Waals surface area contributed by atoms with Gasteiger partial charge < -0.3 is 9.47 Å². The quantitative estimate of drug-likeness (QED) is 0.457. The molecule has 0 radical (unpaired) electrons. The van der Waals surface area contributed by atoms with Crippen LogP contribution in [0.1, 0.15) is 11.1 Å². The molecule has 0 aromatic heterocycles. The number of hydrogen-bond acceptors (Lipinski definition) is 4. The Kier molecular flexibility index (Phi) is 2.95. The number of methoxy groups -OCH3 is 2. The molecular weight excluding hydrogens is 222 g/mol. The van der Waals surface area contributed by atoms with Gasteiger partial charge in [0.05, 0.1) is 4.92 Å². The molecule has 0 N–H and O–H groups in total. The molecule has 1 aromatic carbocycles. The number of rotatable bonds is 3. The van der Waals surface area contributed by atoms with Crippen LogP contribution in [0.5, 0.6) is 0 Å². The van der Waals surface area contributed by atoms with Crippen LogP contribution in [0.3, 0.4) is 0 Å². The van der Waals surface area contributed by atoms with Crippen LogP contribution < -0.4 is 0 Å². The minimum atomic E-state index is -0.904. The number of ether oxygens (including phenoxy) is 2. The topological polar surface area (TPSA) is 61.6 Å². The Bertz CT molecular complexity index is 477. The van der Waals surface area contributed by atoms with Gasteiger partial charge in [0.15, 0.2) is 5.79 Å². The fourth-order valence-corrected chi connectivity index (χ4v) is 2.00. The second-order valence-electron chi connectivity index (χ2n) is 3.83. The van der Waals surface area contributed by atoms with E-state index in [1.54, 1.807) is 18.2 Å². The molecule has 5 nitrogen and oxygen atoms in total. The highest BCUT2D eigenvalue weighted by molar-refractivity contribution is 5.64. The van der Waals surface area contributed by atoms with E-state index in [4.69, 9.17) is 9.47 Å². The third-order valence-electron chi connectivity index (χ3n) is 3.02. The van der Waals surface area contributed by atoms with Crippen LogP contribution in [0.15, 0.2) is 24.3 Å². The predicted octanol–water partition coefficient (Wildman–Crippen LogP) is 2.15. The SMILES string of the molecule is COC1(OC)C=Cc2cccc([N+](=O)[O-])c2C1. The van der Waals surface area contributed by atoms with E-state index < -0.39 is 5.79 Å². The minimum Gasteiger partial charge on any atom is -0.349 e. The van der Waals surface area contributed by atoms with Crippen molar-refractivity contribution in [3.05, 3.63) is 45.5 Å². The summed E-state index contributed by atoms with van der Waals surface area (Å²) in [5.74, 6) is -0.904. The lowest BCUT2D eigenvalue weighted by Gasteiger charge is -2.30. The maximum Gasteiger partial charge on any atom is 0.273 e. The summed E-state index contributed by atoms with van der Waals surface area (Å²) in [5, 5.41) is 11.0. The molecule has 0 amide bonds. The molecule has 0 aliphatic heterocycles. The number of benzene rings is 1. The van der Waals surface area contributed by atoms with Gasteiger partial charge in [0.2, 0.25) is 0 Å². The van der Waals surface area contributed by atoms with Crippen LogP contribution in [0, 0.1) is 10.1 Å². The van der Waals surface area contributed by atoms with E-state index in [0.717, 1.165) is 5.56 Å². The van der Waals surface area contributed by atoms with Crippen molar-refractivity contribution in [3.63, 3.8) is 0 Å². The van der Waals surface area contributed by atoms with Gasteiger partial charge in [-0.1, -0.05) is 18.2 Å². The van der Waals surface area contributed by atoms with Gasteiger partial charge in [0, 0.05) is 32.3 Å². The average molecular weight is 235 g/mol. The van der Waals surface area contributed by atoms with Crippen molar-refractivity contribution in [1.29, 1.82) is 0 Å². The largest absolute Gasteiger partial charge is 0.349 e. The number of nitro groups is 1. The van der Waals surface area contributed by atoms with Crippen LogP contribution in [0.4, 0.5) is 5.69 Å². The highest BCUT2D eigenvalue weighted by Gasteiger charge is 2.34. The summed E-state index contributed by atoms with van der Waals surface area (Å²) in [6.07, 6.45) is 3.90. The Hall–Kier alpha value is -1.72. The van der Waals surface area contributed by atoms with Crippen molar-refractivity contribution in [1.82, 2.24) is 0 Å². The summed E-state index contributed by atoms with van der Waals surface area (Å²) in [5.41, 5.74) is 1.58. The zero-order valence-corrected chi connectivity index (χ0v) is 9.67. The van der Waals surface area contributed by atoms with Crippen molar-refractivity contribution in [2.24, 2.45) is 0 Å². The Morgan fingerprint density at radius 2 is 2.06 bits per heavy atom. The Balaban J connectivity index is 2.51. The molecular formula is C12H13NO4. The molecule has 90 valence electrons. The van der Waals surface area contributed by atoms with E-state index in [0.29, 0.717) is 12.0 Å². The zero-order chi connectivity index (χ0) is 12.5. The Morgan fingerprint density at radius 1 is 1.35 bits per heavy atom. The minimum absolute atomic E-state index is 0.102. The second kappa shape index (κ2) is 4.27. The van der Waals surface area contributed by atoms with Crippen LogP contribution in [0.2, 0.25) is 0 Å². The van der Waals surface area contributed by atoms with E-state index in [-0.39, 0.29) is 10.6 Å². The molecule has 0 saturated heterocycles. The van der Waals surface area contributed by atoms with Crippen LogP contribution in [-0.2, 0) is 15.9 Å². The van der Waals surface area contributed by atoms with E-state index in [2.05, 4.69) is 0 Å². The van der Waals surface area contributed by atoms with E-state index in [1.807, 2.05) is 6.07 Å². The number of nitrogens with zero attached hydrogens (tertiary/aromatic N) is 1. The molecule has 1 aliphatic carbocycles. The third kappa shape index (κ3) is 1.94. The van der Waals surface area contributed by atoms with Gasteiger partial charge in [-0.15, -0.1) is 0 Å². The molecule has 0 saturated carbocycles. The van der Waals surface area contributed by atoms with Crippen molar-refractivity contribution in [2.45, 2.75) is 12.2 Å². The van der Waals surface area contributed by atoms with Crippen LogP contribution >= 0.6 is 0 Å². The van der Waals surface area contributed by atoms with E-state index in [9.17, 15) is 10.1 Å². The first kappa shape index (κ1) is 11.8. The molecule has 0 fully saturated rings. The molecule has 0 spiro atoms. The maximum absolute atomic E-state index is 11.0. The van der Waals surface area contributed by atoms with Gasteiger partial charge in [0.1, 0.15) is 0 Å². The molecule has 0 atom stereocenters. The second-order valence-corrected chi connectivity index (χ2v) is 3.83. The molecule has 1 aliphatic rings. The van der Waals surface area contributed by atoms with Crippen molar-refractivity contribution in [3.8, 4) is 0 Å². The summed E-state index contributed by atoms with van der Waals surface area (Å²) in [7, 11) is 3.04. The fraction of sp³-hybridized carbons (Fsp3) is 0.333. The first-order chi connectivity index (χ1) is 8.12. The molecule has 0 bridgehead atoms. The summed E-state index contributed by atoms with van der Waals surface area (Å²) in [6, 6.07) is 5.01. The third-order valence-corrected chi connectivity index (χ3v) is 3.02. The standard InChI is InChI=1S/C12H13NO4/c1-16-12(17-2)7-6-9-4-3-5-11(13(14)15)10(9)8-12/h3-7H,8H2,1-2H3. The molecule has 17 heavy (non-hydrogen) atoms. The number of hydrogen-bond donors (Lipinski definition) is 0. The first-order valence-electron chi connectivity index (χ1n) is 5.18. The smallest absolute Gasteiger partial charge is 0.273 e. The van der Waals surface area contributed by atoms with Gasteiger partial charge in [-0.25, -0.2) is 0 Å². The highest BCUT2D eigenvalue weighted by Crippen LogP contribution is 2.34. The molecule has 0 unspecified atom stereocenters. The van der Waals surface area contributed by atoms with Gasteiger partial charge >= 0.3 is 0 Å². The van der Waals surface area contributed by atoms with Crippen molar-refractivity contribution in [2.75, 3.05) is 14.2 Å². The first-order valence-corrected chi connectivity index (χ1v) is 5.18. The normalized spacial score (nSPS) is 16.6. The monoisotopic (exact) mass is 235 g/mol. The molecule has 1 aromatic rings. The summed E-state index contributed by atoms with van der Waals surface area (Å²) >= 11 is 0. The summed E-state index contributed by atoms with van der Waals surface area (Å²) < 4.78 is 10.6. The average Bonchev–Trinajstić information content (AvgIpc) is 2.37. The predicted molar refractivity (Wildman–Crippen MR) is 62.6 cm³/mol. The number of nitro benzene ring substituents is 1. The Morgan fingerprint density at radius 3 is 2.65 bits per heavy atom. The van der Waals surface area contributed by atoms with Crippen molar-refractivity contribution < 1.29 is 14.4 Å². The molecule has 0 heterocycles. The lowest BCUT2D eigenvalue weighted by atomic mass is 9.92. The van der Waals surface area contributed by atoms with Crippen LogP contribution in [0.25, 0.3) is 6.08 Å². The van der Waals surface area contributed by atoms with Gasteiger partial charge in [-0.05, 0) is 11.6 Å². The summed E-state index contributed by atoms with van der Waals surface area (Å²) in [6.45, 7) is 0. The molecule has 5 heteroatoms. The fourth-order valence-electron chi connectivity index (χ4n) is 2.00. The Labute approximate surface area is 98.8 Å². The maximum atomic E-state index is 11.0. The number of fused-ring (bicyclic) bond motifs is 1. The van der Waals surface area contributed by atoms with E-state index in [1.165, 1.54) is 20.3 Å². The van der Waals surface area contributed by atoms with Crippen LogP contribution in [-0.4, -0.2) is 24.9 Å². The molecule has 2 rings (SSSR count). The van der Waals surface area contributed by atoms with Gasteiger partial charge in [0.25, 0.3) is 5.69 Å². The van der Waals surface area contributed by atoms with Crippen molar-refractivity contribution >= 4 is 11.8 Å². The summed E-state index contributed by atoms with van der Waals surface area (Å²) in [4.78, 5) is 10.6. The lowest BCUT2D eigenvalue weighted by molar-refractivity contribution is -0.386. The van der Waals surface area contributed by atoms with Gasteiger partial charge in [-0.2, -0.15) is 0 Å². The zero-order valence-electron chi connectivity index (χ0n) is 9.67.